The largest absolute Gasteiger partial charge is 0.307 e. The Morgan fingerprint density at radius 3 is 2.20 bits per heavy atom. The van der Waals surface area contributed by atoms with E-state index in [-0.39, 0.29) is 22.6 Å². The van der Waals surface area contributed by atoms with Gasteiger partial charge in [-0.1, -0.05) is 32.1 Å². The first-order chi connectivity index (χ1) is 6.73. The molecule has 0 aliphatic carbocycles. The highest BCUT2D eigenvalue weighted by molar-refractivity contribution is 7.09. The maximum absolute atomic E-state index is 11.8. The number of aromatic nitrogens is 1. The number of hydrogen-bond acceptors (Lipinski definition) is 3. The van der Waals surface area contributed by atoms with E-state index in [1.807, 2.05) is 34.6 Å². The van der Waals surface area contributed by atoms with Gasteiger partial charge in [0.1, 0.15) is 0 Å². The second-order valence-electron chi connectivity index (χ2n) is 4.77. The molecule has 15 heavy (non-hydrogen) atoms. The molecule has 0 aliphatic heterocycles. The number of aryl methyl sites for hydroxylation is 1. The van der Waals surface area contributed by atoms with Crippen molar-refractivity contribution >= 4 is 17.1 Å². The number of hydrogen-bond donors (Lipinski definition) is 0. The highest BCUT2D eigenvalue weighted by atomic mass is 32.1. The standard InChI is InChI=1S/C11H17NO2S/c1-7-8(2)15-10(14)12(7)6-9(13)11(3,4)5/h6H2,1-5H3. The van der Waals surface area contributed by atoms with E-state index in [1.165, 1.54) is 11.3 Å². The van der Waals surface area contributed by atoms with E-state index in [4.69, 9.17) is 0 Å². The Hall–Kier alpha value is -0.900. The summed E-state index contributed by atoms with van der Waals surface area (Å²) in [5.74, 6) is 0.0884. The molecule has 1 heterocycles. The Balaban J connectivity index is 3.01. The van der Waals surface area contributed by atoms with Crippen LogP contribution < -0.4 is 4.87 Å². The molecule has 0 bridgehead atoms. The number of Topliss-reactive ketones (excluding diaryl/α,β-unsaturated/α-hetero) is 1. The molecule has 1 rings (SSSR count). The Kier molecular flexibility index (Phi) is 3.19. The van der Waals surface area contributed by atoms with E-state index in [0.29, 0.717) is 0 Å². The van der Waals surface area contributed by atoms with Crippen molar-refractivity contribution in [2.75, 3.05) is 0 Å². The van der Waals surface area contributed by atoms with E-state index in [9.17, 15) is 9.59 Å². The molecule has 0 aromatic carbocycles. The van der Waals surface area contributed by atoms with Crippen molar-refractivity contribution < 1.29 is 4.79 Å². The molecule has 0 N–H and O–H groups in total. The fraction of sp³-hybridized carbons (Fsp3) is 0.636. The van der Waals surface area contributed by atoms with Crippen molar-refractivity contribution in [1.29, 1.82) is 0 Å². The van der Waals surface area contributed by atoms with Crippen LogP contribution in [0, 0.1) is 19.3 Å². The molecule has 3 nitrogen and oxygen atoms in total. The second kappa shape index (κ2) is 3.93. The summed E-state index contributed by atoms with van der Waals surface area (Å²) in [6.07, 6.45) is 0. The van der Waals surface area contributed by atoms with Gasteiger partial charge in [0.25, 0.3) is 0 Å². The number of carbonyl (C=O) groups excluding carboxylic acids is 1. The monoisotopic (exact) mass is 227 g/mol. The van der Waals surface area contributed by atoms with Crippen LogP contribution in [0.3, 0.4) is 0 Å². The first-order valence-corrected chi connectivity index (χ1v) is 5.75. The van der Waals surface area contributed by atoms with Crippen LogP contribution in [0.2, 0.25) is 0 Å². The average Bonchev–Trinajstić information content (AvgIpc) is 2.30. The predicted molar refractivity (Wildman–Crippen MR) is 62.5 cm³/mol. The lowest BCUT2D eigenvalue weighted by Crippen LogP contribution is -2.29. The van der Waals surface area contributed by atoms with Crippen molar-refractivity contribution in [2.45, 2.75) is 41.2 Å². The normalized spacial score (nSPS) is 11.8. The van der Waals surface area contributed by atoms with Crippen LogP contribution in [0.25, 0.3) is 0 Å². The van der Waals surface area contributed by atoms with E-state index < -0.39 is 0 Å². The molecule has 0 atom stereocenters. The van der Waals surface area contributed by atoms with Crippen molar-refractivity contribution in [2.24, 2.45) is 5.41 Å². The Labute approximate surface area is 93.7 Å². The van der Waals surface area contributed by atoms with E-state index in [1.54, 1.807) is 4.57 Å². The lowest BCUT2D eigenvalue weighted by Gasteiger charge is -2.17. The molecular formula is C11H17NO2S. The average molecular weight is 227 g/mol. The highest BCUT2D eigenvalue weighted by Crippen LogP contribution is 2.17. The fourth-order valence-corrected chi connectivity index (χ4v) is 1.98. The second-order valence-corrected chi connectivity index (χ2v) is 5.93. The molecule has 0 fully saturated rings. The minimum atomic E-state index is -0.387. The molecule has 0 saturated carbocycles. The van der Waals surface area contributed by atoms with Crippen molar-refractivity contribution in [3.05, 3.63) is 20.2 Å². The van der Waals surface area contributed by atoms with Crippen LogP contribution >= 0.6 is 11.3 Å². The first kappa shape index (κ1) is 12.2. The summed E-state index contributed by atoms with van der Waals surface area (Å²) in [7, 11) is 0. The summed E-state index contributed by atoms with van der Waals surface area (Å²) < 4.78 is 1.56. The molecule has 4 heteroatoms. The van der Waals surface area contributed by atoms with Gasteiger partial charge in [-0.25, -0.2) is 0 Å². The molecule has 0 unspecified atom stereocenters. The maximum atomic E-state index is 11.8. The van der Waals surface area contributed by atoms with Crippen LogP contribution in [0.15, 0.2) is 4.79 Å². The van der Waals surface area contributed by atoms with Crippen molar-refractivity contribution in [3.63, 3.8) is 0 Å². The van der Waals surface area contributed by atoms with E-state index in [0.717, 1.165) is 10.6 Å². The third kappa shape index (κ3) is 2.56. The fourth-order valence-electron chi connectivity index (χ4n) is 1.15. The van der Waals surface area contributed by atoms with Crippen LogP contribution in [0.1, 0.15) is 31.3 Å². The van der Waals surface area contributed by atoms with Gasteiger partial charge in [-0.15, -0.1) is 0 Å². The zero-order chi connectivity index (χ0) is 11.8. The Morgan fingerprint density at radius 1 is 1.33 bits per heavy atom. The van der Waals surface area contributed by atoms with Gasteiger partial charge in [0.15, 0.2) is 5.78 Å². The minimum absolute atomic E-state index is 0.0393. The quantitative estimate of drug-likeness (QED) is 0.776. The molecule has 0 radical (unpaired) electrons. The smallest absolute Gasteiger partial charge is 0.297 e. The number of nitrogens with zero attached hydrogens (tertiary/aromatic N) is 1. The van der Waals surface area contributed by atoms with E-state index >= 15 is 0 Å². The van der Waals surface area contributed by atoms with Gasteiger partial charge in [-0.3, -0.25) is 14.2 Å². The van der Waals surface area contributed by atoms with E-state index in [2.05, 4.69) is 0 Å². The predicted octanol–water partition coefficient (Wildman–Crippen LogP) is 2.14. The number of carbonyl (C=O) groups is 1. The summed E-state index contributed by atoms with van der Waals surface area (Å²) >= 11 is 1.20. The topological polar surface area (TPSA) is 39.1 Å². The third-order valence-electron chi connectivity index (χ3n) is 2.51. The van der Waals surface area contributed by atoms with Crippen LogP contribution in [-0.2, 0) is 11.3 Å². The summed E-state index contributed by atoms with van der Waals surface area (Å²) in [5.41, 5.74) is 0.518. The summed E-state index contributed by atoms with van der Waals surface area (Å²) in [6, 6.07) is 0. The summed E-state index contributed by atoms with van der Waals surface area (Å²) in [5, 5.41) is 0. The van der Waals surface area contributed by atoms with Crippen LogP contribution in [0.4, 0.5) is 0 Å². The zero-order valence-corrected chi connectivity index (χ0v) is 10.7. The van der Waals surface area contributed by atoms with Gasteiger partial charge in [-0.2, -0.15) is 0 Å². The summed E-state index contributed by atoms with van der Waals surface area (Å²) in [4.78, 5) is 24.3. The molecule has 0 aliphatic rings. The number of ketones is 1. The van der Waals surface area contributed by atoms with Gasteiger partial charge < -0.3 is 0 Å². The van der Waals surface area contributed by atoms with Crippen LogP contribution in [0.5, 0.6) is 0 Å². The SMILES string of the molecule is Cc1sc(=O)n(CC(=O)C(C)(C)C)c1C. The molecular weight excluding hydrogens is 210 g/mol. The highest BCUT2D eigenvalue weighted by Gasteiger charge is 2.22. The number of thiazole rings is 1. The Morgan fingerprint density at radius 2 is 1.87 bits per heavy atom. The third-order valence-corrected chi connectivity index (χ3v) is 3.51. The lowest BCUT2D eigenvalue weighted by atomic mass is 9.91. The molecule has 1 aromatic heterocycles. The molecule has 84 valence electrons. The molecule has 0 spiro atoms. The van der Waals surface area contributed by atoms with Gasteiger partial charge in [0, 0.05) is 16.0 Å². The molecule has 1 aromatic rings. The van der Waals surface area contributed by atoms with Crippen molar-refractivity contribution in [3.8, 4) is 0 Å². The Bertz CT molecular complexity index is 434. The lowest BCUT2D eigenvalue weighted by molar-refractivity contribution is -0.126. The van der Waals surface area contributed by atoms with Gasteiger partial charge in [-0.05, 0) is 13.8 Å². The van der Waals surface area contributed by atoms with Crippen LogP contribution in [-0.4, -0.2) is 10.4 Å². The zero-order valence-electron chi connectivity index (χ0n) is 9.88. The maximum Gasteiger partial charge on any atom is 0.307 e. The van der Waals surface area contributed by atoms with Gasteiger partial charge in [0.05, 0.1) is 6.54 Å². The minimum Gasteiger partial charge on any atom is -0.297 e. The molecule has 0 amide bonds. The number of rotatable bonds is 2. The van der Waals surface area contributed by atoms with Gasteiger partial charge >= 0.3 is 4.87 Å². The van der Waals surface area contributed by atoms with Crippen molar-refractivity contribution in [1.82, 2.24) is 4.57 Å². The molecule has 0 saturated heterocycles. The first-order valence-electron chi connectivity index (χ1n) is 4.93. The van der Waals surface area contributed by atoms with Gasteiger partial charge in [0.2, 0.25) is 0 Å². The summed E-state index contributed by atoms with van der Waals surface area (Å²) in [6.45, 7) is 9.58.